The molecule has 5 rings (SSSR count). The Labute approximate surface area is 164 Å². The van der Waals surface area contributed by atoms with E-state index in [1.54, 1.807) is 0 Å². The van der Waals surface area contributed by atoms with Crippen molar-refractivity contribution in [3.05, 3.63) is 84.3 Å². The van der Waals surface area contributed by atoms with Crippen LogP contribution in [-0.4, -0.2) is 14.5 Å². The molecule has 0 aliphatic heterocycles. The van der Waals surface area contributed by atoms with Crippen molar-refractivity contribution in [2.75, 3.05) is 0 Å². The van der Waals surface area contributed by atoms with Crippen molar-refractivity contribution in [3.63, 3.8) is 0 Å². The minimum atomic E-state index is 0.828. The van der Waals surface area contributed by atoms with E-state index in [0.29, 0.717) is 0 Å². The summed E-state index contributed by atoms with van der Waals surface area (Å²) < 4.78 is 2.40. The Kier molecular flexibility index (Phi) is 4.28. The van der Waals surface area contributed by atoms with E-state index in [1.807, 2.05) is 12.3 Å². The van der Waals surface area contributed by atoms with E-state index in [-0.39, 0.29) is 0 Å². The van der Waals surface area contributed by atoms with Crippen LogP contribution in [0.15, 0.2) is 72.9 Å². The summed E-state index contributed by atoms with van der Waals surface area (Å²) in [6, 6.07) is 23.7. The third-order valence-electron chi connectivity index (χ3n) is 5.47. The second-order valence-electron chi connectivity index (χ2n) is 7.41. The normalized spacial score (nSPS) is 11.6. The summed E-state index contributed by atoms with van der Waals surface area (Å²) in [5.74, 6) is 1.16. The number of pyridine rings is 1. The lowest BCUT2D eigenvalue weighted by Gasteiger charge is -2.11. The molecule has 0 bridgehead atoms. The summed E-state index contributed by atoms with van der Waals surface area (Å²) >= 11 is 0. The van der Waals surface area contributed by atoms with Gasteiger partial charge in [0, 0.05) is 18.4 Å². The highest BCUT2D eigenvalue weighted by atomic mass is 15.1. The average molecular weight is 365 g/mol. The molecule has 2 aromatic heterocycles. The number of rotatable bonds is 5. The molecule has 0 unspecified atom stereocenters. The van der Waals surface area contributed by atoms with Gasteiger partial charge in [0.05, 0.1) is 17.2 Å². The van der Waals surface area contributed by atoms with Crippen molar-refractivity contribution in [2.45, 2.75) is 32.7 Å². The predicted molar refractivity (Wildman–Crippen MR) is 117 cm³/mol. The van der Waals surface area contributed by atoms with Gasteiger partial charge >= 0.3 is 0 Å². The molecule has 0 saturated carbocycles. The summed E-state index contributed by atoms with van der Waals surface area (Å²) in [6.07, 6.45) is 5.22. The second-order valence-corrected chi connectivity index (χ2v) is 7.41. The van der Waals surface area contributed by atoms with E-state index in [2.05, 4.69) is 77.1 Å². The first-order valence-electron chi connectivity index (χ1n) is 10.0. The maximum absolute atomic E-state index is 4.96. The van der Waals surface area contributed by atoms with Crippen LogP contribution in [-0.2, 0) is 13.0 Å². The molecular weight excluding hydrogens is 342 g/mol. The van der Waals surface area contributed by atoms with E-state index >= 15 is 0 Å². The highest BCUT2D eigenvalue weighted by Crippen LogP contribution is 2.27. The molecule has 0 N–H and O–H groups in total. The van der Waals surface area contributed by atoms with Crippen LogP contribution >= 0.6 is 0 Å². The van der Waals surface area contributed by atoms with Crippen molar-refractivity contribution in [1.82, 2.24) is 14.5 Å². The van der Waals surface area contributed by atoms with Crippen molar-refractivity contribution in [1.29, 1.82) is 0 Å². The molecular formula is C25H23N3. The minimum Gasteiger partial charge on any atom is -0.323 e. The summed E-state index contributed by atoms with van der Waals surface area (Å²) in [5.41, 5.74) is 4.52. The molecule has 0 aliphatic carbocycles. The van der Waals surface area contributed by atoms with Crippen LogP contribution in [0.1, 0.15) is 31.2 Å². The quantitative estimate of drug-likeness (QED) is 0.375. The summed E-state index contributed by atoms with van der Waals surface area (Å²) in [5, 5.41) is 3.74. The predicted octanol–water partition coefficient (Wildman–Crippen LogP) is 6.13. The van der Waals surface area contributed by atoms with Crippen molar-refractivity contribution >= 4 is 32.7 Å². The molecule has 0 saturated heterocycles. The monoisotopic (exact) mass is 365 g/mol. The molecule has 0 aliphatic rings. The van der Waals surface area contributed by atoms with Crippen LogP contribution in [0.2, 0.25) is 0 Å². The first kappa shape index (κ1) is 16.9. The fourth-order valence-electron chi connectivity index (χ4n) is 4.03. The van der Waals surface area contributed by atoms with Crippen LogP contribution < -0.4 is 0 Å². The molecule has 0 spiro atoms. The summed E-state index contributed by atoms with van der Waals surface area (Å²) in [7, 11) is 0. The number of aryl methyl sites for hydroxylation is 1. The van der Waals surface area contributed by atoms with Crippen LogP contribution in [0, 0.1) is 0 Å². The van der Waals surface area contributed by atoms with Crippen molar-refractivity contribution in [2.24, 2.45) is 0 Å². The van der Waals surface area contributed by atoms with Crippen LogP contribution in [0.25, 0.3) is 32.7 Å². The maximum atomic E-state index is 4.96. The number of fused-ring (bicyclic) bond motifs is 4. The van der Waals surface area contributed by atoms with Crippen molar-refractivity contribution in [3.8, 4) is 0 Å². The van der Waals surface area contributed by atoms with Crippen molar-refractivity contribution < 1.29 is 0 Å². The summed E-state index contributed by atoms with van der Waals surface area (Å²) in [4.78, 5) is 9.58. The molecule has 5 aromatic rings. The van der Waals surface area contributed by atoms with E-state index in [1.165, 1.54) is 27.2 Å². The number of hydrogen-bond acceptors (Lipinski definition) is 2. The first-order chi connectivity index (χ1) is 13.8. The van der Waals surface area contributed by atoms with Gasteiger partial charge in [0.25, 0.3) is 0 Å². The Morgan fingerprint density at radius 2 is 1.68 bits per heavy atom. The van der Waals surface area contributed by atoms with Gasteiger partial charge in [-0.3, -0.25) is 4.98 Å². The third kappa shape index (κ3) is 2.93. The summed E-state index contributed by atoms with van der Waals surface area (Å²) in [6.45, 7) is 3.06. The molecule has 3 heteroatoms. The number of benzene rings is 3. The molecule has 2 heterocycles. The van der Waals surface area contributed by atoms with E-state index in [0.717, 1.165) is 42.7 Å². The topological polar surface area (TPSA) is 30.7 Å². The largest absolute Gasteiger partial charge is 0.323 e. The molecule has 0 radical (unpaired) electrons. The number of nitrogens with zero attached hydrogens (tertiary/aromatic N) is 3. The number of para-hydroxylation sites is 1. The van der Waals surface area contributed by atoms with Gasteiger partial charge in [-0.2, -0.15) is 0 Å². The van der Waals surface area contributed by atoms with E-state index < -0.39 is 0 Å². The molecule has 138 valence electrons. The highest BCUT2D eigenvalue weighted by molar-refractivity contribution is 6.02. The zero-order chi connectivity index (χ0) is 18.9. The number of hydrogen-bond donors (Lipinski definition) is 0. The molecule has 28 heavy (non-hydrogen) atoms. The molecule has 0 amide bonds. The fourth-order valence-corrected chi connectivity index (χ4v) is 4.03. The average Bonchev–Trinajstić information content (AvgIpc) is 3.10. The number of unbranched alkanes of at least 4 members (excludes halogenated alkanes) is 1. The Balaban J connectivity index is 1.69. The molecule has 3 nitrogen and oxygen atoms in total. The second kappa shape index (κ2) is 7.08. The van der Waals surface area contributed by atoms with Gasteiger partial charge in [-0.1, -0.05) is 67.9 Å². The Hall–Kier alpha value is -3.20. The zero-order valence-electron chi connectivity index (χ0n) is 16.1. The highest BCUT2D eigenvalue weighted by Gasteiger charge is 2.14. The Bertz CT molecular complexity index is 1280. The lowest BCUT2D eigenvalue weighted by molar-refractivity contribution is 0.691. The zero-order valence-corrected chi connectivity index (χ0v) is 16.1. The van der Waals surface area contributed by atoms with Crippen LogP contribution in [0.5, 0.6) is 0 Å². The van der Waals surface area contributed by atoms with E-state index in [4.69, 9.17) is 4.98 Å². The minimum absolute atomic E-state index is 0.828. The third-order valence-corrected chi connectivity index (χ3v) is 5.47. The fraction of sp³-hybridized carbons (Fsp3) is 0.200. The van der Waals surface area contributed by atoms with Gasteiger partial charge in [-0.25, -0.2) is 4.98 Å². The molecule has 0 fully saturated rings. The Morgan fingerprint density at radius 1 is 0.857 bits per heavy atom. The van der Waals surface area contributed by atoms with Gasteiger partial charge in [-0.05, 0) is 34.9 Å². The lowest BCUT2D eigenvalue weighted by Crippen LogP contribution is -2.06. The van der Waals surface area contributed by atoms with Crippen LogP contribution in [0.3, 0.4) is 0 Å². The smallest absolute Gasteiger partial charge is 0.110 e. The van der Waals surface area contributed by atoms with Crippen LogP contribution in [0.4, 0.5) is 0 Å². The lowest BCUT2D eigenvalue weighted by atomic mass is 10.1. The van der Waals surface area contributed by atoms with Gasteiger partial charge < -0.3 is 4.57 Å². The maximum Gasteiger partial charge on any atom is 0.110 e. The Morgan fingerprint density at radius 3 is 2.57 bits per heavy atom. The van der Waals surface area contributed by atoms with Gasteiger partial charge in [0.15, 0.2) is 0 Å². The van der Waals surface area contributed by atoms with Gasteiger partial charge in [-0.15, -0.1) is 0 Å². The first-order valence-corrected chi connectivity index (χ1v) is 10.0. The van der Waals surface area contributed by atoms with Gasteiger partial charge in [0.1, 0.15) is 11.3 Å². The van der Waals surface area contributed by atoms with Gasteiger partial charge in [0.2, 0.25) is 0 Å². The molecule has 3 aromatic carbocycles. The number of aromatic nitrogens is 3. The SMILES string of the molecule is CCCCc1nc2cnc3ccccc3c2n1Cc1ccc2ccccc2c1. The molecule has 0 atom stereocenters. The van der Waals surface area contributed by atoms with E-state index in [9.17, 15) is 0 Å². The number of imidazole rings is 1. The standard InChI is InChI=1S/C25H23N3/c1-2-3-12-24-27-23-16-26-22-11-7-6-10-21(22)25(23)28(24)17-18-13-14-19-8-4-5-9-20(19)15-18/h4-11,13-16H,2-3,12,17H2,1H3.